The van der Waals surface area contributed by atoms with Gasteiger partial charge >= 0.3 is 0 Å². The van der Waals surface area contributed by atoms with Crippen molar-refractivity contribution in [2.45, 2.75) is 6.92 Å². The summed E-state index contributed by atoms with van der Waals surface area (Å²) < 4.78 is 1.79. The van der Waals surface area contributed by atoms with Gasteiger partial charge in [-0.3, -0.25) is 0 Å². The summed E-state index contributed by atoms with van der Waals surface area (Å²) in [5, 5.41) is 2.25. The van der Waals surface area contributed by atoms with Crippen molar-refractivity contribution in [1.82, 2.24) is 9.38 Å². The Kier molecular flexibility index (Phi) is 3.59. The van der Waals surface area contributed by atoms with Crippen LogP contribution in [0.5, 0.6) is 0 Å². The molecule has 0 saturated heterocycles. The van der Waals surface area contributed by atoms with E-state index in [9.17, 15) is 0 Å². The van der Waals surface area contributed by atoms with Crippen LogP contribution >= 0.6 is 46.4 Å². The summed E-state index contributed by atoms with van der Waals surface area (Å²) in [7, 11) is 0. The van der Waals surface area contributed by atoms with Gasteiger partial charge in [0.25, 0.3) is 0 Å². The zero-order valence-electron chi connectivity index (χ0n) is 10.3. The van der Waals surface area contributed by atoms with E-state index in [0.29, 0.717) is 25.7 Å². The third-order valence-electron chi connectivity index (χ3n) is 3.08. The summed E-state index contributed by atoms with van der Waals surface area (Å²) in [5.74, 6) is 0. The van der Waals surface area contributed by atoms with Gasteiger partial charge in [-0.05, 0) is 30.7 Å². The predicted octanol–water partition coefficient (Wildman–Crippen LogP) is 5.92. The topological polar surface area (TPSA) is 17.3 Å². The molecular weight excluding hydrogens is 338 g/mol. The minimum atomic E-state index is 0.536. The van der Waals surface area contributed by atoms with E-state index < -0.39 is 0 Å². The van der Waals surface area contributed by atoms with E-state index >= 15 is 0 Å². The maximum Gasteiger partial charge on any atom is 0.156 e. The number of hydrogen-bond acceptors (Lipinski definition) is 1. The number of hydrogen-bond donors (Lipinski definition) is 0. The Balaban J connectivity index is 2.26. The van der Waals surface area contributed by atoms with Crippen LogP contribution in [0.4, 0.5) is 0 Å². The molecule has 0 atom stereocenters. The molecule has 0 fully saturated rings. The van der Waals surface area contributed by atoms with E-state index in [-0.39, 0.29) is 0 Å². The molecule has 0 aliphatic rings. The van der Waals surface area contributed by atoms with Gasteiger partial charge in [-0.1, -0.05) is 46.4 Å². The van der Waals surface area contributed by atoms with E-state index in [4.69, 9.17) is 46.4 Å². The lowest BCUT2D eigenvalue weighted by molar-refractivity contribution is 1.17. The molecule has 20 heavy (non-hydrogen) atoms. The van der Waals surface area contributed by atoms with Gasteiger partial charge in [-0.25, -0.2) is 4.98 Å². The maximum absolute atomic E-state index is 6.28. The molecule has 3 rings (SSSR count). The van der Waals surface area contributed by atoms with Crippen molar-refractivity contribution in [3.8, 4) is 11.3 Å². The largest absolute Gasteiger partial charge is 0.304 e. The highest BCUT2D eigenvalue weighted by molar-refractivity contribution is 6.38. The lowest BCUT2D eigenvalue weighted by atomic mass is 10.2. The minimum absolute atomic E-state index is 0.536. The SMILES string of the molecule is Cc1c(Cl)cn2cc(-c3ccc(Cl)cc3Cl)nc2c1Cl. The molecule has 0 aliphatic heterocycles. The number of rotatable bonds is 1. The van der Waals surface area contributed by atoms with Gasteiger partial charge in [0.05, 0.1) is 20.8 Å². The number of imidazole rings is 1. The van der Waals surface area contributed by atoms with Gasteiger partial charge in [0, 0.05) is 23.0 Å². The second-order valence-electron chi connectivity index (χ2n) is 4.40. The van der Waals surface area contributed by atoms with Gasteiger partial charge in [-0.15, -0.1) is 0 Å². The highest BCUT2D eigenvalue weighted by Gasteiger charge is 2.13. The van der Waals surface area contributed by atoms with Gasteiger partial charge in [0.15, 0.2) is 5.65 Å². The van der Waals surface area contributed by atoms with Crippen LogP contribution in [0.25, 0.3) is 16.9 Å². The van der Waals surface area contributed by atoms with Crippen LogP contribution in [0.15, 0.2) is 30.6 Å². The molecule has 0 bridgehead atoms. The first kappa shape index (κ1) is 14.0. The summed E-state index contributed by atoms with van der Waals surface area (Å²) in [6.45, 7) is 1.86. The fourth-order valence-electron chi connectivity index (χ4n) is 1.97. The standard InChI is InChI=1S/C14H8Cl4N2/c1-7-11(17)5-20-6-12(19-14(20)13(7)18)9-3-2-8(15)4-10(9)16/h2-6H,1H3. The molecule has 0 saturated carbocycles. The lowest BCUT2D eigenvalue weighted by Crippen LogP contribution is -1.88. The molecule has 0 unspecified atom stereocenters. The molecule has 6 heteroatoms. The Hall–Kier alpha value is -0.930. The van der Waals surface area contributed by atoms with Crippen molar-refractivity contribution in [3.05, 3.63) is 56.2 Å². The van der Waals surface area contributed by atoms with E-state index in [1.807, 2.05) is 19.2 Å². The van der Waals surface area contributed by atoms with Gasteiger partial charge in [-0.2, -0.15) is 0 Å². The monoisotopic (exact) mass is 344 g/mol. The maximum atomic E-state index is 6.28. The highest BCUT2D eigenvalue weighted by Crippen LogP contribution is 2.33. The Labute approximate surface area is 135 Å². The summed E-state index contributed by atoms with van der Waals surface area (Å²) in [4.78, 5) is 4.52. The number of aromatic nitrogens is 2. The number of benzene rings is 1. The van der Waals surface area contributed by atoms with Crippen molar-refractivity contribution in [2.75, 3.05) is 0 Å². The minimum Gasteiger partial charge on any atom is -0.304 e. The summed E-state index contributed by atoms with van der Waals surface area (Å²) >= 11 is 24.5. The van der Waals surface area contributed by atoms with Crippen LogP contribution in [0.1, 0.15) is 5.56 Å². The number of fused-ring (bicyclic) bond motifs is 1. The van der Waals surface area contributed by atoms with Crippen LogP contribution in [-0.2, 0) is 0 Å². The average molecular weight is 346 g/mol. The molecule has 0 aliphatic carbocycles. The smallest absolute Gasteiger partial charge is 0.156 e. The molecule has 2 nitrogen and oxygen atoms in total. The molecule has 102 valence electrons. The molecule has 2 heterocycles. The summed E-state index contributed by atoms with van der Waals surface area (Å²) in [6, 6.07) is 5.28. The van der Waals surface area contributed by atoms with Gasteiger partial charge < -0.3 is 4.40 Å². The van der Waals surface area contributed by atoms with Crippen molar-refractivity contribution in [1.29, 1.82) is 0 Å². The molecule has 0 amide bonds. The van der Waals surface area contributed by atoms with Crippen molar-refractivity contribution >= 4 is 52.1 Å². The van der Waals surface area contributed by atoms with Crippen molar-refractivity contribution in [3.63, 3.8) is 0 Å². The lowest BCUT2D eigenvalue weighted by Gasteiger charge is -2.02. The molecule has 0 radical (unpaired) electrons. The molecule has 1 aromatic carbocycles. The van der Waals surface area contributed by atoms with E-state index in [1.54, 1.807) is 22.7 Å². The average Bonchev–Trinajstić information content (AvgIpc) is 2.80. The van der Waals surface area contributed by atoms with Crippen LogP contribution in [0.3, 0.4) is 0 Å². The second kappa shape index (κ2) is 5.12. The van der Waals surface area contributed by atoms with E-state index in [0.717, 1.165) is 16.8 Å². The number of nitrogens with zero attached hydrogens (tertiary/aromatic N) is 2. The fraction of sp³-hybridized carbons (Fsp3) is 0.0714. The number of pyridine rings is 1. The third kappa shape index (κ3) is 2.27. The number of halogens is 4. The fourth-order valence-corrected chi connectivity index (χ4v) is 2.97. The predicted molar refractivity (Wildman–Crippen MR) is 85.4 cm³/mol. The zero-order chi connectivity index (χ0) is 14.4. The van der Waals surface area contributed by atoms with Gasteiger partial charge in [0.1, 0.15) is 0 Å². The Morgan fingerprint density at radius 1 is 1.00 bits per heavy atom. The molecule has 3 aromatic rings. The van der Waals surface area contributed by atoms with Crippen LogP contribution in [0.2, 0.25) is 20.1 Å². The van der Waals surface area contributed by atoms with Gasteiger partial charge in [0.2, 0.25) is 0 Å². The molecule has 0 spiro atoms. The molecule has 2 aromatic heterocycles. The second-order valence-corrected chi connectivity index (χ2v) is 6.03. The first-order chi connectivity index (χ1) is 9.47. The summed E-state index contributed by atoms with van der Waals surface area (Å²) in [6.07, 6.45) is 3.61. The van der Waals surface area contributed by atoms with E-state index in [1.165, 1.54) is 0 Å². The molecule has 0 N–H and O–H groups in total. The third-order valence-corrected chi connectivity index (χ3v) is 4.46. The van der Waals surface area contributed by atoms with Crippen LogP contribution < -0.4 is 0 Å². The Morgan fingerprint density at radius 3 is 2.45 bits per heavy atom. The van der Waals surface area contributed by atoms with Crippen molar-refractivity contribution < 1.29 is 0 Å². The normalized spacial score (nSPS) is 11.2. The first-order valence-electron chi connectivity index (χ1n) is 5.76. The van der Waals surface area contributed by atoms with Crippen LogP contribution in [0, 0.1) is 6.92 Å². The van der Waals surface area contributed by atoms with Crippen molar-refractivity contribution in [2.24, 2.45) is 0 Å². The Bertz CT molecular complexity index is 824. The summed E-state index contributed by atoms with van der Waals surface area (Å²) in [5.41, 5.74) is 2.97. The highest BCUT2D eigenvalue weighted by atomic mass is 35.5. The quantitative estimate of drug-likeness (QED) is 0.534. The van der Waals surface area contributed by atoms with Crippen LogP contribution in [-0.4, -0.2) is 9.38 Å². The molecular formula is C14H8Cl4N2. The first-order valence-corrected chi connectivity index (χ1v) is 7.27. The Morgan fingerprint density at radius 2 is 1.75 bits per heavy atom. The zero-order valence-corrected chi connectivity index (χ0v) is 13.3. The van der Waals surface area contributed by atoms with E-state index in [2.05, 4.69) is 4.98 Å².